The van der Waals surface area contributed by atoms with E-state index in [1.54, 1.807) is 17.0 Å². The molecule has 0 radical (unpaired) electrons. The number of aliphatic hydroxyl groups is 1. The summed E-state index contributed by atoms with van der Waals surface area (Å²) < 4.78 is 5.03. The molecule has 2 atom stereocenters. The van der Waals surface area contributed by atoms with Gasteiger partial charge in [-0.1, -0.05) is 0 Å². The maximum Gasteiger partial charge on any atom is 0.242 e. The van der Waals surface area contributed by atoms with Crippen LogP contribution >= 0.6 is 0 Å². The van der Waals surface area contributed by atoms with Gasteiger partial charge in [0.25, 0.3) is 0 Å². The topological polar surface area (TPSA) is 79.7 Å². The number of aliphatic hydroxyl groups excluding tert-OH is 1. The smallest absolute Gasteiger partial charge is 0.242 e. The Bertz CT molecular complexity index is 344. The van der Waals surface area contributed by atoms with Gasteiger partial charge in [-0.2, -0.15) is 0 Å². The van der Waals surface area contributed by atoms with Crippen LogP contribution in [-0.2, 0) is 4.79 Å². The van der Waals surface area contributed by atoms with Crippen molar-refractivity contribution >= 4 is 5.91 Å². The lowest BCUT2D eigenvalue weighted by atomic mass is 10.1. The van der Waals surface area contributed by atoms with Gasteiger partial charge in [0, 0.05) is 13.1 Å². The molecule has 88 valence electrons. The van der Waals surface area contributed by atoms with Gasteiger partial charge in [0.1, 0.15) is 17.9 Å². The minimum absolute atomic E-state index is 0.207. The van der Waals surface area contributed by atoms with Crippen LogP contribution < -0.4 is 5.73 Å². The number of amides is 1. The van der Waals surface area contributed by atoms with Crippen LogP contribution in [0.15, 0.2) is 22.8 Å². The first kappa shape index (κ1) is 11.2. The first-order valence-corrected chi connectivity index (χ1v) is 5.46. The van der Waals surface area contributed by atoms with Gasteiger partial charge in [0.15, 0.2) is 0 Å². The highest BCUT2D eigenvalue weighted by Gasteiger charge is 2.30. The van der Waals surface area contributed by atoms with E-state index in [1.165, 1.54) is 6.26 Å². The van der Waals surface area contributed by atoms with E-state index >= 15 is 0 Å². The third-order valence-corrected chi connectivity index (χ3v) is 2.88. The lowest BCUT2D eigenvalue weighted by molar-refractivity contribution is -0.134. The molecule has 0 unspecified atom stereocenters. The second-order valence-corrected chi connectivity index (χ2v) is 4.02. The van der Waals surface area contributed by atoms with Crippen LogP contribution in [0, 0.1) is 0 Å². The van der Waals surface area contributed by atoms with Gasteiger partial charge >= 0.3 is 0 Å². The fourth-order valence-corrected chi connectivity index (χ4v) is 1.92. The molecule has 1 aliphatic rings. The Labute approximate surface area is 93.8 Å². The Kier molecular flexibility index (Phi) is 3.26. The van der Waals surface area contributed by atoms with Crippen LogP contribution in [0.4, 0.5) is 0 Å². The van der Waals surface area contributed by atoms with Gasteiger partial charge in [-0.25, -0.2) is 0 Å². The molecule has 5 nitrogen and oxygen atoms in total. The SMILES string of the molecule is N[C@@H](C(=O)N1CCCC1)[C@@H](O)c1ccco1. The van der Waals surface area contributed by atoms with Gasteiger partial charge in [-0.3, -0.25) is 4.79 Å². The zero-order valence-corrected chi connectivity index (χ0v) is 9.00. The largest absolute Gasteiger partial charge is 0.467 e. The molecule has 16 heavy (non-hydrogen) atoms. The second-order valence-electron chi connectivity index (χ2n) is 4.02. The lowest BCUT2D eigenvalue weighted by Crippen LogP contribution is -2.45. The average molecular weight is 224 g/mol. The number of rotatable bonds is 3. The van der Waals surface area contributed by atoms with Gasteiger partial charge in [0.2, 0.25) is 5.91 Å². The van der Waals surface area contributed by atoms with E-state index in [1.807, 2.05) is 0 Å². The van der Waals surface area contributed by atoms with E-state index in [-0.39, 0.29) is 5.91 Å². The van der Waals surface area contributed by atoms with Crippen molar-refractivity contribution in [1.29, 1.82) is 0 Å². The molecule has 5 heteroatoms. The zero-order chi connectivity index (χ0) is 11.5. The number of carbonyl (C=O) groups excluding carboxylic acids is 1. The highest BCUT2D eigenvalue weighted by atomic mass is 16.4. The summed E-state index contributed by atoms with van der Waals surface area (Å²) in [4.78, 5) is 13.6. The summed E-state index contributed by atoms with van der Waals surface area (Å²) in [6.07, 6.45) is 2.40. The minimum Gasteiger partial charge on any atom is -0.467 e. The molecule has 2 heterocycles. The van der Waals surface area contributed by atoms with Crippen LogP contribution in [0.5, 0.6) is 0 Å². The Hall–Kier alpha value is -1.33. The van der Waals surface area contributed by atoms with E-state index in [0.29, 0.717) is 5.76 Å². The molecular weight excluding hydrogens is 208 g/mol. The number of hydrogen-bond donors (Lipinski definition) is 2. The number of carbonyl (C=O) groups is 1. The van der Waals surface area contributed by atoms with Crippen LogP contribution in [-0.4, -0.2) is 35.0 Å². The summed E-state index contributed by atoms with van der Waals surface area (Å²) in [6, 6.07) is 2.33. The average Bonchev–Trinajstić information content (AvgIpc) is 2.97. The Balaban J connectivity index is 2.01. The van der Waals surface area contributed by atoms with Crippen molar-refractivity contribution in [3.63, 3.8) is 0 Å². The summed E-state index contributed by atoms with van der Waals surface area (Å²) in [5.74, 6) is 0.126. The summed E-state index contributed by atoms with van der Waals surface area (Å²) in [7, 11) is 0. The summed E-state index contributed by atoms with van der Waals surface area (Å²) in [5.41, 5.74) is 5.73. The number of hydrogen-bond acceptors (Lipinski definition) is 4. The molecule has 1 aromatic heterocycles. The number of nitrogens with two attached hydrogens (primary N) is 1. The van der Waals surface area contributed by atoms with Crippen molar-refractivity contribution in [1.82, 2.24) is 4.90 Å². The summed E-state index contributed by atoms with van der Waals surface area (Å²) >= 11 is 0. The predicted molar refractivity (Wildman–Crippen MR) is 57.5 cm³/mol. The molecule has 0 saturated carbocycles. The van der Waals surface area contributed by atoms with Gasteiger partial charge in [-0.05, 0) is 25.0 Å². The maximum atomic E-state index is 11.9. The highest BCUT2D eigenvalue weighted by molar-refractivity contribution is 5.82. The molecule has 0 bridgehead atoms. The van der Waals surface area contributed by atoms with E-state index in [2.05, 4.69) is 0 Å². The van der Waals surface area contributed by atoms with E-state index in [0.717, 1.165) is 25.9 Å². The number of nitrogens with zero attached hydrogens (tertiary/aromatic N) is 1. The summed E-state index contributed by atoms with van der Waals surface area (Å²) in [5, 5.41) is 9.84. The molecular formula is C11H16N2O3. The number of likely N-dealkylation sites (tertiary alicyclic amines) is 1. The molecule has 3 N–H and O–H groups in total. The normalized spacial score (nSPS) is 19.8. The van der Waals surface area contributed by atoms with Crippen LogP contribution in [0.3, 0.4) is 0 Å². The van der Waals surface area contributed by atoms with Gasteiger partial charge in [0.05, 0.1) is 6.26 Å². The van der Waals surface area contributed by atoms with E-state index < -0.39 is 12.1 Å². The standard InChI is InChI=1S/C11H16N2O3/c12-9(10(14)8-4-3-7-16-8)11(15)13-5-1-2-6-13/h3-4,7,9-10,14H,1-2,5-6,12H2/t9-,10+/m1/s1. The van der Waals surface area contributed by atoms with E-state index in [9.17, 15) is 9.90 Å². The number of furan rings is 1. The molecule has 1 amide bonds. The Morgan fingerprint density at radius 3 is 2.75 bits per heavy atom. The molecule has 0 spiro atoms. The molecule has 2 rings (SSSR count). The summed E-state index contributed by atoms with van der Waals surface area (Å²) in [6.45, 7) is 1.47. The highest BCUT2D eigenvalue weighted by Crippen LogP contribution is 2.19. The third-order valence-electron chi connectivity index (χ3n) is 2.88. The first-order chi connectivity index (χ1) is 7.70. The van der Waals surface area contributed by atoms with Crippen molar-refractivity contribution < 1.29 is 14.3 Å². The zero-order valence-electron chi connectivity index (χ0n) is 9.00. The van der Waals surface area contributed by atoms with Crippen molar-refractivity contribution in [2.45, 2.75) is 25.0 Å². The van der Waals surface area contributed by atoms with Crippen molar-refractivity contribution in [3.05, 3.63) is 24.2 Å². The van der Waals surface area contributed by atoms with Crippen LogP contribution in [0.2, 0.25) is 0 Å². The Morgan fingerprint density at radius 2 is 2.19 bits per heavy atom. The van der Waals surface area contributed by atoms with Gasteiger partial charge in [-0.15, -0.1) is 0 Å². The monoisotopic (exact) mass is 224 g/mol. The fourth-order valence-electron chi connectivity index (χ4n) is 1.92. The second kappa shape index (κ2) is 4.67. The van der Waals surface area contributed by atoms with Crippen LogP contribution in [0.1, 0.15) is 24.7 Å². The van der Waals surface area contributed by atoms with Crippen LogP contribution in [0.25, 0.3) is 0 Å². The van der Waals surface area contributed by atoms with Crippen molar-refractivity contribution in [2.24, 2.45) is 5.73 Å². The molecule has 1 saturated heterocycles. The molecule has 1 fully saturated rings. The van der Waals surface area contributed by atoms with Crippen molar-refractivity contribution in [3.8, 4) is 0 Å². The quantitative estimate of drug-likeness (QED) is 0.772. The molecule has 1 aromatic rings. The Morgan fingerprint density at radius 1 is 1.50 bits per heavy atom. The first-order valence-electron chi connectivity index (χ1n) is 5.46. The molecule has 0 aliphatic carbocycles. The lowest BCUT2D eigenvalue weighted by Gasteiger charge is -2.22. The van der Waals surface area contributed by atoms with Gasteiger partial charge < -0.3 is 20.2 Å². The maximum absolute atomic E-state index is 11.9. The minimum atomic E-state index is -1.07. The van der Waals surface area contributed by atoms with Crippen molar-refractivity contribution in [2.75, 3.05) is 13.1 Å². The molecule has 0 aromatic carbocycles. The molecule has 1 aliphatic heterocycles. The van der Waals surface area contributed by atoms with E-state index in [4.69, 9.17) is 10.2 Å². The fraction of sp³-hybridized carbons (Fsp3) is 0.545. The third kappa shape index (κ3) is 2.10. The predicted octanol–water partition coefficient (Wildman–Crippen LogP) is 0.263.